The van der Waals surface area contributed by atoms with Crippen LogP contribution < -0.4 is 5.32 Å². The van der Waals surface area contributed by atoms with Crippen LogP contribution in [0.25, 0.3) is 0 Å². The summed E-state index contributed by atoms with van der Waals surface area (Å²) in [7, 11) is 0. The van der Waals surface area contributed by atoms with Crippen molar-refractivity contribution in [2.75, 3.05) is 13.2 Å². The van der Waals surface area contributed by atoms with Crippen molar-refractivity contribution < 1.29 is 5.11 Å². The van der Waals surface area contributed by atoms with Crippen molar-refractivity contribution in [1.29, 1.82) is 0 Å². The van der Waals surface area contributed by atoms with Gasteiger partial charge in [-0.3, -0.25) is 0 Å². The molecule has 0 amide bonds. The lowest BCUT2D eigenvalue weighted by atomic mass is 9.90. The van der Waals surface area contributed by atoms with E-state index in [0.717, 1.165) is 19.4 Å². The van der Waals surface area contributed by atoms with E-state index < -0.39 is 0 Å². The Balaban J connectivity index is 0.000000659. The van der Waals surface area contributed by atoms with E-state index in [2.05, 4.69) is 29.6 Å². The molecule has 0 saturated carbocycles. The molecule has 1 saturated heterocycles. The Labute approximate surface area is 112 Å². The summed E-state index contributed by atoms with van der Waals surface area (Å²) in [5.41, 5.74) is 1.25. The molecule has 0 radical (unpaired) electrons. The SMILES string of the molecule is CC.CC.OCC1(Cc2ccccc2)CCCN1. The van der Waals surface area contributed by atoms with Gasteiger partial charge in [0.15, 0.2) is 0 Å². The van der Waals surface area contributed by atoms with E-state index in [1.165, 1.54) is 12.0 Å². The van der Waals surface area contributed by atoms with Gasteiger partial charge < -0.3 is 10.4 Å². The van der Waals surface area contributed by atoms with Crippen LogP contribution in [0.15, 0.2) is 30.3 Å². The smallest absolute Gasteiger partial charge is 0.0616 e. The monoisotopic (exact) mass is 251 g/mol. The second-order valence-electron chi connectivity index (χ2n) is 4.13. The highest BCUT2D eigenvalue weighted by Crippen LogP contribution is 2.23. The van der Waals surface area contributed by atoms with Gasteiger partial charge in [0.2, 0.25) is 0 Å². The summed E-state index contributed by atoms with van der Waals surface area (Å²) in [6.45, 7) is 9.27. The van der Waals surface area contributed by atoms with Crippen molar-refractivity contribution in [3.8, 4) is 0 Å². The second kappa shape index (κ2) is 10.1. The van der Waals surface area contributed by atoms with Crippen LogP contribution >= 0.6 is 0 Å². The van der Waals surface area contributed by atoms with Crippen LogP contribution in [0, 0.1) is 0 Å². The molecular weight excluding hydrogens is 222 g/mol. The molecule has 2 rings (SSSR count). The third-order valence-electron chi connectivity index (χ3n) is 3.02. The zero-order valence-electron chi connectivity index (χ0n) is 12.4. The summed E-state index contributed by atoms with van der Waals surface area (Å²) in [4.78, 5) is 0. The lowest BCUT2D eigenvalue weighted by Crippen LogP contribution is -2.45. The van der Waals surface area contributed by atoms with E-state index in [-0.39, 0.29) is 12.1 Å². The molecule has 1 aliphatic rings. The Bertz CT molecular complexity index is 278. The third kappa shape index (κ3) is 5.19. The maximum atomic E-state index is 9.42. The second-order valence-corrected chi connectivity index (χ2v) is 4.13. The van der Waals surface area contributed by atoms with E-state index in [0.29, 0.717) is 0 Å². The van der Waals surface area contributed by atoms with Crippen LogP contribution in [0.2, 0.25) is 0 Å². The summed E-state index contributed by atoms with van der Waals surface area (Å²) in [5, 5.41) is 12.8. The molecule has 2 heteroatoms. The first-order valence-corrected chi connectivity index (χ1v) is 7.24. The van der Waals surface area contributed by atoms with Crippen molar-refractivity contribution >= 4 is 0 Å². The molecule has 104 valence electrons. The highest BCUT2D eigenvalue weighted by Gasteiger charge is 2.32. The zero-order chi connectivity index (χ0) is 13.9. The average Bonchev–Trinajstić information content (AvgIpc) is 2.93. The van der Waals surface area contributed by atoms with E-state index in [4.69, 9.17) is 0 Å². The summed E-state index contributed by atoms with van der Waals surface area (Å²) in [6, 6.07) is 10.4. The van der Waals surface area contributed by atoms with Gasteiger partial charge in [0.05, 0.1) is 6.61 Å². The minimum absolute atomic E-state index is 0.0542. The molecule has 1 heterocycles. The van der Waals surface area contributed by atoms with Gasteiger partial charge in [-0.15, -0.1) is 0 Å². The number of hydrogen-bond donors (Lipinski definition) is 2. The number of rotatable bonds is 3. The Hall–Kier alpha value is -0.860. The molecule has 0 aromatic heterocycles. The minimum atomic E-state index is -0.0542. The van der Waals surface area contributed by atoms with Crippen molar-refractivity contribution in [1.82, 2.24) is 5.32 Å². The molecule has 1 unspecified atom stereocenters. The van der Waals surface area contributed by atoms with Crippen LogP contribution in [0.4, 0.5) is 0 Å². The van der Waals surface area contributed by atoms with Crippen molar-refractivity contribution in [2.24, 2.45) is 0 Å². The van der Waals surface area contributed by atoms with E-state index in [9.17, 15) is 5.11 Å². The van der Waals surface area contributed by atoms with Gasteiger partial charge in [-0.1, -0.05) is 58.0 Å². The van der Waals surface area contributed by atoms with Crippen molar-refractivity contribution in [3.63, 3.8) is 0 Å². The molecule has 2 N–H and O–H groups in total. The molecule has 1 atom stereocenters. The predicted octanol–water partition coefficient (Wildman–Crippen LogP) is 3.40. The molecule has 0 spiro atoms. The Morgan fingerprint density at radius 3 is 2.17 bits per heavy atom. The number of nitrogens with one attached hydrogen (secondary N) is 1. The fraction of sp³-hybridized carbons (Fsp3) is 0.625. The molecule has 1 aromatic carbocycles. The van der Waals surface area contributed by atoms with E-state index in [1.807, 2.05) is 33.8 Å². The number of hydrogen-bond acceptors (Lipinski definition) is 2. The van der Waals surface area contributed by atoms with Crippen LogP contribution in [-0.4, -0.2) is 23.8 Å². The Kier molecular flexibility index (Phi) is 9.62. The number of aliphatic hydroxyl groups is 1. The molecule has 1 aliphatic heterocycles. The van der Waals surface area contributed by atoms with E-state index in [1.54, 1.807) is 0 Å². The highest BCUT2D eigenvalue weighted by molar-refractivity contribution is 5.18. The topological polar surface area (TPSA) is 32.3 Å². The van der Waals surface area contributed by atoms with Crippen LogP contribution in [0.3, 0.4) is 0 Å². The molecule has 18 heavy (non-hydrogen) atoms. The van der Waals surface area contributed by atoms with Gasteiger partial charge in [0.25, 0.3) is 0 Å². The lowest BCUT2D eigenvalue weighted by Gasteiger charge is -2.27. The maximum absolute atomic E-state index is 9.42. The maximum Gasteiger partial charge on any atom is 0.0616 e. The first kappa shape index (κ1) is 17.1. The summed E-state index contributed by atoms with van der Waals surface area (Å²) in [6.07, 6.45) is 3.19. The van der Waals surface area contributed by atoms with Gasteiger partial charge in [0.1, 0.15) is 0 Å². The van der Waals surface area contributed by atoms with Gasteiger partial charge in [0, 0.05) is 5.54 Å². The Morgan fingerprint density at radius 1 is 1.11 bits per heavy atom. The normalized spacial score (nSPS) is 21.4. The van der Waals surface area contributed by atoms with Crippen molar-refractivity contribution in [3.05, 3.63) is 35.9 Å². The molecule has 1 aromatic rings. The number of benzene rings is 1. The highest BCUT2D eigenvalue weighted by atomic mass is 16.3. The standard InChI is InChI=1S/C12H17NO.2C2H6/c14-10-12(7-4-8-13-12)9-11-5-2-1-3-6-11;2*1-2/h1-3,5-6,13-14H,4,7-10H2;2*1-2H3. The molecule has 0 bridgehead atoms. The van der Waals surface area contributed by atoms with Crippen molar-refractivity contribution in [2.45, 2.75) is 52.5 Å². The molecular formula is C16H29NO. The van der Waals surface area contributed by atoms with Gasteiger partial charge >= 0.3 is 0 Å². The quantitative estimate of drug-likeness (QED) is 0.863. The first-order valence-electron chi connectivity index (χ1n) is 7.24. The average molecular weight is 251 g/mol. The van der Waals surface area contributed by atoms with Crippen LogP contribution in [0.1, 0.15) is 46.1 Å². The first-order chi connectivity index (χ1) is 8.85. The lowest BCUT2D eigenvalue weighted by molar-refractivity contribution is 0.177. The minimum Gasteiger partial charge on any atom is -0.394 e. The van der Waals surface area contributed by atoms with Crippen LogP contribution in [0.5, 0.6) is 0 Å². The fourth-order valence-electron chi connectivity index (χ4n) is 2.20. The summed E-state index contributed by atoms with van der Waals surface area (Å²) in [5.74, 6) is 0. The Morgan fingerprint density at radius 2 is 1.72 bits per heavy atom. The third-order valence-corrected chi connectivity index (χ3v) is 3.02. The molecule has 1 fully saturated rings. The van der Waals surface area contributed by atoms with Gasteiger partial charge in [-0.2, -0.15) is 0 Å². The van der Waals surface area contributed by atoms with Gasteiger partial charge in [-0.05, 0) is 31.4 Å². The summed E-state index contributed by atoms with van der Waals surface area (Å²) >= 11 is 0. The van der Waals surface area contributed by atoms with Gasteiger partial charge in [-0.25, -0.2) is 0 Å². The zero-order valence-corrected chi connectivity index (χ0v) is 12.4. The number of aliphatic hydroxyl groups excluding tert-OH is 1. The summed E-state index contributed by atoms with van der Waals surface area (Å²) < 4.78 is 0. The largest absolute Gasteiger partial charge is 0.394 e. The fourth-order valence-corrected chi connectivity index (χ4v) is 2.20. The van der Waals surface area contributed by atoms with E-state index >= 15 is 0 Å². The van der Waals surface area contributed by atoms with Crippen LogP contribution in [-0.2, 0) is 6.42 Å². The predicted molar refractivity (Wildman–Crippen MR) is 79.9 cm³/mol. The molecule has 0 aliphatic carbocycles. The molecule has 2 nitrogen and oxygen atoms in total.